The predicted octanol–water partition coefficient (Wildman–Crippen LogP) is 4.57. The quantitative estimate of drug-likeness (QED) is 0.379. The van der Waals surface area contributed by atoms with Crippen LogP contribution in [0.25, 0.3) is 21.8 Å². The lowest BCUT2D eigenvalue weighted by atomic mass is 9.88. The highest BCUT2D eigenvalue weighted by Gasteiger charge is 2.39. The number of carbonyl (C=O) groups is 2. The summed E-state index contributed by atoms with van der Waals surface area (Å²) in [5.41, 5.74) is 4.33. The Labute approximate surface area is 233 Å². The van der Waals surface area contributed by atoms with Gasteiger partial charge in [0.25, 0.3) is 5.56 Å². The number of rotatable bonds is 4. The number of fused-ring (bicyclic) bond motifs is 4. The first kappa shape index (κ1) is 27.0. The average Bonchev–Trinajstić information content (AvgIpc) is 3.39. The Morgan fingerprint density at radius 1 is 1.12 bits per heavy atom. The van der Waals surface area contributed by atoms with Gasteiger partial charge in [-0.2, -0.15) is 18.3 Å². The second kappa shape index (κ2) is 10.4. The van der Waals surface area contributed by atoms with E-state index in [0.717, 1.165) is 32.4 Å². The molecule has 4 heterocycles. The minimum Gasteiger partial charge on any atom is -0.343 e. The molecule has 11 heteroatoms. The average molecular weight is 566 g/mol. The molecule has 0 saturated carbocycles. The van der Waals surface area contributed by atoms with Crippen LogP contribution >= 0.6 is 0 Å². The molecule has 2 aromatic heterocycles. The highest BCUT2D eigenvalue weighted by atomic mass is 19.4. The van der Waals surface area contributed by atoms with E-state index in [-0.39, 0.29) is 36.8 Å². The molecule has 0 bridgehead atoms. The van der Waals surface area contributed by atoms with E-state index in [2.05, 4.69) is 15.2 Å². The largest absolute Gasteiger partial charge is 0.406 e. The van der Waals surface area contributed by atoms with Crippen LogP contribution in [-0.2, 0) is 22.6 Å². The molecule has 6 rings (SSSR count). The maximum absolute atomic E-state index is 13.5. The van der Waals surface area contributed by atoms with Crippen LogP contribution in [0.2, 0.25) is 0 Å². The van der Waals surface area contributed by atoms with Crippen LogP contribution in [0.5, 0.6) is 0 Å². The predicted molar refractivity (Wildman–Crippen MR) is 147 cm³/mol. The lowest BCUT2D eigenvalue weighted by molar-refractivity contribution is -0.165. The van der Waals surface area contributed by atoms with Gasteiger partial charge >= 0.3 is 6.18 Å². The van der Waals surface area contributed by atoms with E-state index in [1.54, 1.807) is 11.1 Å². The number of para-hydroxylation sites is 1. The topological polar surface area (TPSA) is 102 Å². The molecule has 2 aliphatic rings. The smallest absolute Gasteiger partial charge is 0.343 e. The Morgan fingerprint density at radius 2 is 1.88 bits per heavy atom. The molecule has 4 aromatic rings. The lowest BCUT2D eigenvalue weighted by Gasteiger charge is -2.33. The number of pyridine rings is 1. The standard InChI is InChI=1S/C30H30F3N5O3/c1-17-10-20-11-21(29(41)38(16-30(31,32)33)15-24(20)23-14-34-36-27(17)23)13-26(39)37-8-6-18(7-9-37)22-12-19-4-2-3-5-25(19)35-28(22)40/h2-5,10,12,14,18,21H,6-9,11,13,15-16H2,1H3,(H,34,36)(H,35,40). The molecule has 1 atom stereocenters. The number of carbonyl (C=O) groups excluding carboxylic acids is 2. The van der Waals surface area contributed by atoms with Gasteiger partial charge in [0.05, 0.1) is 17.6 Å². The molecule has 0 aliphatic carbocycles. The number of likely N-dealkylation sites (tertiary alicyclic amines) is 1. The number of amides is 2. The molecule has 214 valence electrons. The molecule has 2 aliphatic heterocycles. The highest BCUT2D eigenvalue weighted by Crippen LogP contribution is 2.34. The molecule has 1 unspecified atom stereocenters. The van der Waals surface area contributed by atoms with Gasteiger partial charge in [-0.05, 0) is 66.3 Å². The third-order valence-electron chi connectivity index (χ3n) is 8.47. The second-order valence-corrected chi connectivity index (χ2v) is 11.2. The highest BCUT2D eigenvalue weighted by molar-refractivity contribution is 5.90. The molecule has 2 amide bonds. The van der Waals surface area contributed by atoms with Crippen molar-refractivity contribution in [3.8, 4) is 0 Å². The summed E-state index contributed by atoms with van der Waals surface area (Å²) >= 11 is 0. The fraction of sp³-hybridized carbons (Fsp3) is 0.400. The number of aryl methyl sites for hydroxylation is 1. The Bertz CT molecular complexity index is 1700. The molecule has 0 spiro atoms. The van der Waals surface area contributed by atoms with Crippen molar-refractivity contribution >= 4 is 33.6 Å². The summed E-state index contributed by atoms with van der Waals surface area (Å²) < 4.78 is 40.5. The first-order valence-corrected chi connectivity index (χ1v) is 13.8. The first-order valence-electron chi connectivity index (χ1n) is 13.8. The van der Waals surface area contributed by atoms with E-state index in [9.17, 15) is 27.6 Å². The van der Waals surface area contributed by atoms with Gasteiger partial charge in [-0.25, -0.2) is 0 Å². The van der Waals surface area contributed by atoms with Gasteiger partial charge in [0.2, 0.25) is 11.8 Å². The van der Waals surface area contributed by atoms with Crippen LogP contribution in [-0.4, -0.2) is 62.6 Å². The number of nitrogens with one attached hydrogen (secondary N) is 2. The van der Waals surface area contributed by atoms with E-state index in [1.807, 2.05) is 43.3 Å². The molecule has 8 nitrogen and oxygen atoms in total. The maximum Gasteiger partial charge on any atom is 0.406 e. The molecule has 1 fully saturated rings. The number of hydrogen-bond donors (Lipinski definition) is 2. The fourth-order valence-corrected chi connectivity index (χ4v) is 6.41. The van der Waals surface area contributed by atoms with Gasteiger partial charge in [-0.3, -0.25) is 19.5 Å². The van der Waals surface area contributed by atoms with E-state index in [1.165, 1.54) is 0 Å². The molecule has 1 saturated heterocycles. The van der Waals surface area contributed by atoms with Crippen LogP contribution in [0, 0.1) is 12.8 Å². The summed E-state index contributed by atoms with van der Waals surface area (Å²) in [6, 6.07) is 11.4. The van der Waals surface area contributed by atoms with Crippen molar-refractivity contribution in [3.05, 3.63) is 75.2 Å². The number of hydrogen-bond acceptors (Lipinski definition) is 4. The van der Waals surface area contributed by atoms with Gasteiger partial charge in [0, 0.05) is 42.5 Å². The van der Waals surface area contributed by atoms with Crippen LogP contribution in [0.15, 0.2) is 47.4 Å². The summed E-state index contributed by atoms with van der Waals surface area (Å²) in [5.74, 6) is -1.85. The summed E-state index contributed by atoms with van der Waals surface area (Å²) in [4.78, 5) is 45.0. The fourth-order valence-electron chi connectivity index (χ4n) is 6.41. The third-order valence-corrected chi connectivity index (χ3v) is 8.47. The van der Waals surface area contributed by atoms with Gasteiger partial charge in [-0.1, -0.05) is 24.3 Å². The number of halogens is 3. The molecule has 0 radical (unpaired) electrons. The Morgan fingerprint density at radius 3 is 2.63 bits per heavy atom. The van der Waals surface area contributed by atoms with Crippen LogP contribution in [0.1, 0.15) is 47.4 Å². The number of nitrogens with zero attached hydrogens (tertiary/aromatic N) is 3. The first-order chi connectivity index (χ1) is 19.6. The summed E-state index contributed by atoms with van der Waals surface area (Å²) in [6.07, 6.45) is -1.81. The summed E-state index contributed by atoms with van der Waals surface area (Å²) in [7, 11) is 0. The normalized spacial score (nSPS) is 18.6. The number of benzene rings is 2. The van der Waals surface area contributed by atoms with Gasteiger partial charge in [0.15, 0.2) is 0 Å². The number of aromatic amines is 2. The van der Waals surface area contributed by atoms with Crippen molar-refractivity contribution in [1.29, 1.82) is 0 Å². The van der Waals surface area contributed by atoms with Gasteiger partial charge in [-0.15, -0.1) is 0 Å². The van der Waals surface area contributed by atoms with Gasteiger partial charge < -0.3 is 14.8 Å². The van der Waals surface area contributed by atoms with Crippen molar-refractivity contribution in [2.45, 2.75) is 51.2 Å². The second-order valence-electron chi connectivity index (χ2n) is 11.2. The van der Waals surface area contributed by atoms with E-state index in [4.69, 9.17) is 0 Å². The maximum atomic E-state index is 13.5. The Balaban J connectivity index is 1.20. The van der Waals surface area contributed by atoms with Crippen molar-refractivity contribution < 1.29 is 22.8 Å². The van der Waals surface area contributed by atoms with Crippen LogP contribution in [0.4, 0.5) is 13.2 Å². The van der Waals surface area contributed by atoms with E-state index < -0.39 is 24.5 Å². The van der Waals surface area contributed by atoms with Crippen molar-refractivity contribution in [2.24, 2.45) is 5.92 Å². The zero-order chi connectivity index (χ0) is 28.9. The molecular formula is C30H30F3N5O3. The van der Waals surface area contributed by atoms with E-state index in [0.29, 0.717) is 42.4 Å². The number of alkyl halides is 3. The summed E-state index contributed by atoms with van der Waals surface area (Å²) in [6.45, 7) is 1.13. The molecule has 2 N–H and O–H groups in total. The van der Waals surface area contributed by atoms with Gasteiger partial charge in [0.1, 0.15) is 6.54 Å². The number of aromatic nitrogens is 3. The molecule has 2 aromatic carbocycles. The third kappa shape index (κ3) is 5.32. The minimum absolute atomic E-state index is 0.0126. The Kier molecular flexibility index (Phi) is 6.83. The molecule has 41 heavy (non-hydrogen) atoms. The van der Waals surface area contributed by atoms with Crippen LogP contribution < -0.4 is 5.56 Å². The monoisotopic (exact) mass is 565 g/mol. The molecular weight excluding hydrogens is 535 g/mol. The van der Waals surface area contributed by atoms with Crippen molar-refractivity contribution in [2.75, 3.05) is 19.6 Å². The Hall–Kier alpha value is -4.15. The minimum atomic E-state index is -4.57. The lowest BCUT2D eigenvalue weighted by Crippen LogP contribution is -2.44. The number of H-pyrrole nitrogens is 2. The van der Waals surface area contributed by atoms with Crippen molar-refractivity contribution in [3.63, 3.8) is 0 Å². The zero-order valence-corrected chi connectivity index (χ0v) is 22.6. The zero-order valence-electron chi connectivity index (χ0n) is 22.6. The van der Waals surface area contributed by atoms with E-state index >= 15 is 0 Å². The SMILES string of the molecule is Cc1cc2c(c3cn[nH]c13)CN(CC(F)(F)F)C(=O)C(CC(=O)N1CCC(c3cc4ccccc4[nH]c3=O)CC1)C2. The van der Waals surface area contributed by atoms with Crippen LogP contribution in [0.3, 0.4) is 0 Å². The number of piperidine rings is 1. The summed E-state index contributed by atoms with van der Waals surface area (Å²) in [5, 5.41) is 8.59. The van der Waals surface area contributed by atoms with Crippen molar-refractivity contribution in [1.82, 2.24) is 25.0 Å².